The standard InChI is InChI=1S/C32H36F3N7O5S.2H2/c1-5-36-31(45)39-27-13-21(29-38-26(18-48-29)32(33,34)35)23(14-37-27)19-6-7-25-22(12-19)28(43)24(15-42(25)20(16-46-3)17-47-4)30(44)41-10-8-40(2)9-11-41;;/h6-7,12-15,18,20H,5,8-11,16-17H2,1-4H3,(H2,36,37,39,45);2*1H. The molecule has 2 N–H and O–H groups in total. The van der Waals surface area contributed by atoms with Crippen LogP contribution in [0.15, 0.2) is 46.8 Å². The first-order chi connectivity index (χ1) is 22.9. The fourth-order valence-corrected chi connectivity index (χ4v) is 6.39. The number of ether oxygens (including phenoxy) is 2. The normalized spacial score (nSPS) is 14.1. The zero-order valence-corrected chi connectivity index (χ0v) is 27.7. The number of urea groups is 1. The number of thiazole rings is 1. The van der Waals surface area contributed by atoms with Gasteiger partial charge in [0.2, 0.25) is 5.43 Å². The van der Waals surface area contributed by atoms with E-state index in [1.54, 1.807) is 55.0 Å². The summed E-state index contributed by atoms with van der Waals surface area (Å²) in [6.45, 7) is 4.81. The number of pyridine rings is 2. The van der Waals surface area contributed by atoms with Gasteiger partial charge in [0.25, 0.3) is 5.91 Å². The van der Waals surface area contributed by atoms with Gasteiger partial charge in [-0.25, -0.2) is 14.8 Å². The molecular weight excluding hydrogens is 651 g/mol. The predicted octanol–water partition coefficient (Wildman–Crippen LogP) is 5.06. The second-order valence-corrected chi connectivity index (χ2v) is 12.2. The molecule has 3 aromatic heterocycles. The molecule has 1 aromatic carbocycles. The molecule has 1 saturated heterocycles. The summed E-state index contributed by atoms with van der Waals surface area (Å²) < 4.78 is 53.3. The number of aromatic nitrogens is 3. The molecule has 48 heavy (non-hydrogen) atoms. The van der Waals surface area contributed by atoms with Gasteiger partial charge in [-0.3, -0.25) is 14.9 Å². The van der Waals surface area contributed by atoms with Crippen molar-refractivity contribution in [2.45, 2.75) is 19.1 Å². The van der Waals surface area contributed by atoms with Crippen molar-refractivity contribution in [3.8, 4) is 21.7 Å². The molecule has 3 amide bonds. The van der Waals surface area contributed by atoms with Crippen LogP contribution in [0.4, 0.5) is 23.8 Å². The third-order valence-corrected chi connectivity index (χ3v) is 8.86. The number of benzene rings is 1. The quantitative estimate of drug-likeness (QED) is 0.236. The molecule has 260 valence electrons. The molecular formula is C32H40F3N7O5S. The molecule has 1 fully saturated rings. The molecule has 1 aliphatic rings. The molecule has 4 aromatic rings. The van der Waals surface area contributed by atoms with Crippen LogP contribution < -0.4 is 16.1 Å². The Kier molecular flexibility index (Phi) is 10.8. The topological polar surface area (TPSA) is 131 Å². The third kappa shape index (κ3) is 7.51. The van der Waals surface area contributed by atoms with Gasteiger partial charge in [0.15, 0.2) is 5.69 Å². The Balaban J connectivity index is 0.00000338. The molecule has 0 saturated carbocycles. The first kappa shape index (κ1) is 34.9. The Morgan fingerprint density at radius 1 is 1.08 bits per heavy atom. The smallest absolute Gasteiger partial charge is 0.382 e. The lowest BCUT2D eigenvalue weighted by Gasteiger charge is -2.32. The molecule has 1 aliphatic heterocycles. The van der Waals surface area contributed by atoms with E-state index < -0.39 is 29.2 Å². The van der Waals surface area contributed by atoms with E-state index in [9.17, 15) is 27.6 Å². The van der Waals surface area contributed by atoms with Crippen molar-refractivity contribution >= 4 is 40.0 Å². The van der Waals surface area contributed by atoms with Crippen molar-refractivity contribution in [3.63, 3.8) is 0 Å². The Hall–Kier alpha value is -4.38. The van der Waals surface area contributed by atoms with E-state index in [2.05, 4.69) is 25.5 Å². The van der Waals surface area contributed by atoms with Crippen molar-refractivity contribution in [1.82, 2.24) is 29.7 Å². The summed E-state index contributed by atoms with van der Waals surface area (Å²) in [6.07, 6.45) is -1.70. The van der Waals surface area contributed by atoms with Gasteiger partial charge in [-0.1, -0.05) is 6.07 Å². The van der Waals surface area contributed by atoms with Crippen molar-refractivity contribution < 1.29 is 35.1 Å². The summed E-state index contributed by atoms with van der Waals surface area (Å²) in [6, 6.07) is 5.54. The zero-order valence-electron chi connectivity index (χ0n) is 26.9. The maximum absolute atomic E-state index is 14.1. The van der Waals surface area contributed by atoms with Crippen LogP contribution in [0.3, 0.4) is 0 Å². The number of likely N-dealkylation sites (N-methyl/N-ethyl adjacent to an activating group) is 1. The first-order valence-electron chi connectivity index (χ1n) is 15.2. The van der Waals surface area contributed by atoms with E-state index >= 15 is 0 Å². The number of hydrogen-bond donors (Lipinski definition) is 2. The zero-order chi connectivity index (χ0) is 34.6. The van der Waals surface area contributed by atoms with E-state index in [4.69, 9.17) is 9.47 Å². The first-order valence-corrected chi connectivity index (χ1v) is 16.1. The highest BCUT2D eigenvalue weighted by atomic mass is 32.1. The number of carbonyl (C=O) groups is 2. The van der Waals surface area contributed by atoms with Crippen molar-refractivity contribution in [1.29, 1.82) is 0 Å². The van der Waals surface area contributed by atoms with E-state index in [-0.39, 0.29) is 49.4 Å². The Bertz CT molecular complexity index is 1860. The van der Waals surface area contributed by atoms with Gasteiger partial charge in [0.1, 0.15) is 16.4 Å². The molecule has 0 unspecified atom stereocenters. The minimum Gasteiger partial charge on any atom is -0.382 e. The van der Waals surface area contributed by atoms with E-state index in [1.165, 1.54) is 12.3 Å². The summed E-state index contributed by atoms with van der Waals surface area (Å²) in [5.74, 6) is -0.304. The third-order valence-electron chi connectivity index (χ3n) is 7.98. The van der Waals surface area contributed by atoms with Crippen LogP contribution in [-0.2, 0) is 15.7 Å². The Morgan fingerprint density at radius 3 is 2.42 bits per heavy atom. The maximum Gasteiger partial charge on any atom is 0.434 e. The monoisotopic (exact) mass is 691 g/mol. The number of hydrogen-bond acceptors (Lipinski definition) is 9. The number of anilines is 1. The molecule has 0 atom stereocenters. The number of nitrogens with zero attached hydrogens (tertiary/aromatic N) is 5. The SMILES string of the molecule is CCNC(=O)Nc1cc(-c2nc(C(F)(F)F)cs2)c(-c2ccc3c(c2)c(=O)c(C(=O)N2CCN(C)CC2)cn3C(COC)COC)cn1.[HH].[HH]. The number of rotatable bonds is 10. The molecule has 12 nitrogen and oxygen atoms in total. The molecule has 16 heteroatoms. The number of carbonyl (C=O) groups excluding carboxylic acids is 2. The predicted molar refractivity (Wildman–Crippen MR) is 181 cm³/mol. The summed E-state index contributed by atoms with van der Waals surface area (Å²) in [4.78, 5) is 52.1. The Labute approximate surface area is 281 Å². The van der Waals surface area contributed by atoms with Gasteiger partial charge in [-0.05, 0) is 37.7 Å². The molecule has 4 heterocycles. The number of alkyl halides is 3. The van der Waals surface area contributed by atoms with Gasteiger partial charge in [0.05, 0.1) is 24.8 Å². The number of fused-ring (bicyclic) bond motifs is 1. The second-order valence-electron chi connectivity index (χ2n) is 11.3. The van der Waals surface area contributed by atoms with Crippen LogP contribution in [-0.4, -0.2) is 103 Å². The van der Waals surface area contributed by atoms with Crippen LogP contribution in [0, 0.1) is 0 Å². The average Bonchev–Trinajstić information content (AvgIpc) is 3.57. The van der Waals surface area contributed by atoms with E-state index in [1.807, 2.05) is 7.05 Å². The van der Waals surface area contributed by atoms with Crippen molar-refractivity contribution in [3.05, 3.63) is 63.5 Å². The van der Waals surface area contributed by atoms with E-state index in [0.717, 1.165) is 16.7 Å². The lowest BCUT2D eigenvalue weighted by atomic mass is 9.98. The highest BCUT2D eigenvalue weighted by Crippen LogP contribution is 2.39. The van der Waals surface area contributed by atoms with Crippen molar-refractivity contribution in [2.75, 3.05) is 72.5 Å². The number of methoxy groups -OCH3 is 2. The fraction of sp³-hybridized carbons (Fsp3) is 0.406. The Morgan fingerprint density at radius 2 is 1.79 bits per heavy atom. The van der Waals surface area contributed by atoms with Crippen LogP contribution in [0.5, 0.6) is 0 Å². The maximum atomic E-state index is 14.1. The largest absolute Gasteiger partial charge is 0.434 e. The van der Waals surface area contributed by atoms with Gasteiger partial charge >= 0.3 is 12.2 Å². The lowest BCUT2D eigenvalue weighted by Crippen LogP contribution is -2.48. The molecule has 5 rings (SSSR count). The lowest BCUT2D eigenvalue weighted by molar-refractivity contribution is -0.140. The fourth-order valence-electron chi connectivity index (χ4n) is 5.53. The molecule has 0 radical (unpaired) electrons. The minimum absolute atomic E-state index is 0. The van der Waals surface area contributed by atoms with Gasteiger partial charge in [-0.15, -0.1) is 11.3 Å². The average molecular weight is 692 g/mol. The van der Waals surface area contributed by atoms with Gasteiger partial charge in [0, 0.05) is 84.1 Å². The number of nitrogens with one attached hydrogen (secondary N) is 2. The number of amides is 3. The highest BCUT2D eigenvalue weighted by molar-refractivity contribution is 7.13. The minimum atomic E-state index is -4.66. The van der Waals surface area contributed by atoms with E-state index in [0.29, 0.717) is 49.4 Å². The molecule has 0 spiro atoms. The van der Waals surface area contributed by atoms with Crippen LogP contribution >= 0.6 is 11.3 Å². The summed E-state index contributed by atoms with van der Waals surface area (Å²) in [7, 11) is 5.06. The van der Waals surface area contributed by atoms with Crippen LogP contribution in [0.2, 0.25) is 0 Å². The number of piperazine rings is 1. The molecule has 0 bridgehead atoms. The van der Waals surface area contributed by atoms with Crippen LogP contribution in [0.1, 0.15) is 31.9 Å². The summed E-state index contributed by atoms with van der Waals surface area (Å²) in [5, 5.41) is 6.33. The summed E-state index contributed by atoms with van der Waals surface area (Å²) in [5.41, 5.74) is 0.0249. The summed E-state index contributed by atoms with van der Waals surface area (Å²) >= 11 is 0.788. The number of halogens is 3. The second kappa shape index (κ2) is 14.8. The van der Waals surface area contributed by atoms with Crippen LogP contribution in [0.25, 0.3) is 32.6 Å². The van der Waals surface area contributed by atoms with Gasteiger partial charge in [-0.2, -0.15) is 13.2 Å². The van der Waals surface area contributed by atoms with Crippen molar-refractivity contribution in [2.24, 2.45) is 0 Å². The molecule has 0 aliphatic carbocycles. The van der Waals surface area contributed by atoms with Gasteiger partial charge < -0.3 is 29.2 Å². The highest BCUT2D eigenvalue weighted by Gasteiger charge is 2.34.